The van der Waals surface area contributed by atoms with Crippen molar-refractivity contribution in [3.05, 3.63) is 35.4 Å². The van der Waals surface area contributed by atoms with Crippen molar-refractivity contribution in [2.75, 3.05) is 5.88 Å². The van der Waals surface area contributed by atoms with Crippen LogP contribution in [0.4, 0.5) is 0 Å². The van der Waals surface area contributed by atoms with Crippen molar-refractivity contribution in [2.45, 2.75) is 33.2 Å². The molecule has 2 nitrogen and oxygen atoms in total. The molecule has 0 spiro atoms. The second kappa shape index (κ2) is 6.65. The first-order chi connectivity index (χ1) is 8.02. The molecule has 17 heavy (non-hydrogen) atoms. The summed E-state index contributed by atoms with van der Waals surface area (Å²) in [4.78, 5) is 11.8. The van der Waals surface area contributed by atoms with Crippen LogP contribution in [0.3, 0.4) is 0 Å². The van der Waals surface area contributed by atoms with Gasteiger partial charge in [0.2, 0.25) is 5.91 Å². The van der Waals surface area contributed by atoms with Crippen molar-refractivity contribution >= 4 is 17.5 Å². The molecule has 0 aromatic heterocycles. The Morgan fingerprint density at radius 3 is 2.65 bits per heavy atom. The van der Waals surface area contributed by atoms with Crippen LogP contribution in [0.1, 0.15) is 25.0 Å². The zero-order valence-electron chi connectivity index (χ0n) is 10.7. The number of rotatable bonds is 5. The van der Waals surface area contributed by atoms with Gasteiger partial charge in [0.1, 0.15) is 0 Å². The molecule has 1 unspecified atom stereocenters. The topological polar surface area (TPSA) is 29.1 Å². The molecule has 0 aliphatic carbocycles. The second-order valence-corrected chi connectivity index (χ2v) is 5.05. The maximum absolute atomic E-state index is 11.8. The number of alkyl halides is 1. The zero-order valence-corrected chi connectivity index (χ0v) is 11.4. The van der Waals surface area contributed by atoms with Crippen LogP contribution in [0.2, 0.25) is 0 Å². The summed E-state index contributed by atoms with van der Waals surface area (Å²) in [6, 6.07) is 8.05. The third kappa shape index (κ3) is 4.78. The largest absolute Gasteiger partial charge is 0.352 e. The van der Waals surface area contributed by atoms with E-state index in [1.165, 1.54) is 5.56 Å². The molecule has 1 atom stereocenters. The Balaban J connectivity index is 2.55. The second-order valence-electron chi connectivity index (χ2n) is 4.74. The summed E-state index contributed by atoms with van der Waals surface area (Å²) in [5.41, 5.74) is 2.22. The van der Waals surface area contributed by atoms with Crippen molar-refractivity contribution in [1.29, 1.82) is 0 Å². The highest BCUT2D eigenvalue weighted by molar-refractivity contribution is 6.18. The summed E-state index contributed by atoms with van der Waals surface area (Å²) in [6.07, 6.45) is 0.418. The molecule has 0 aliphatic rings. The fourth-order valence-electron chi connectivity index (χ4n) is 1.65. The number of aryl methyl sites for hydroxylation is 1. The van der Waals surface area contributed by atoms with Crippen LogP contribution in [0.15, 0.2) is 24.3 Å². The molecule has 0 fully saturated rings. The molecular formula is C14H20ClNO. The Morgan fingerprint density at radius 2 is 2.12 bits per heavy atom. The van der Waals surface area contributed by atoms with Gasteiger partial charge in [-0.3, -0.25) is 4.79 Å². The van der Waals surface area contributed by atoms with E-state index in [1.54, 1.807) is 0 Å². The summed E-state index contributed by atoms with van der Waals surface area (Å²) in [7, 11) is 0. The Morgan fingerprint density at radius 1 is 1.41 bits per heavy atom. The van der Waals surface area contributed by atoms with E-state index in [4.69, 9.17) is 11.6 Å². The number of hydrogen-bond acceptors (Lipinski definition) is 1. The molecular weight excluding hydrogens is 234 g/mol. The van der Waals surface area contributed by atoms with E-state index < -0.39 is 0 Å². The zero-order chi connectivity index (χ0) is 12.8. The number of halogens is 1. The molecule has 0 bridgehead atoms. The van der Waals surface area contributed by atoms with Crippen molar-refractivity contribution in [3.63, 3.8) is 0 Å². The van der Waals surface area contributed by atoms with E-state index in [2.05, 4.69) is 19.2 Å². The molecule has 0 saturated heterocycles. The van der Waals surface area contributed by atoms with Crippen LogP contribution in [0.25, 0.3) is 0 Å². The minimum atomic E-state index is 0.0370. The third-order valence-corrected chi connectivity index (χ3v) is 3.10. The SMILES string of the molecule is Cc1cccc(CC(=O)NC(CCl)C(C)C)c1. The van der Waals surface area contributed by atoms with Gasteiger partial charge in [-0.2, -0.15) is 0 Å². The Labute approximate surface area is 108 Å². The number of nitrogens with one attached hydrogen (secondary N) is 1. The monoisotopic (exact) mass is 253 g/mol. The van der Waals surface area contributed by atoms with Gasteiger partial charge in [0.15, 0.2) is 0 Å². The molecule has 1 rings (SSSR count). The van der Waals surface area contributed by atoms with E-state index in [0.29, 0.717) is 18.2 Å². The normalized spacial score (nSPS) is 12.5. The summed E-state index contributed by atoms with van der Waals surface area (Å²) in [6.45, 7) is 6.14. The van der Waals surface area contributed by atoms with E-state index in [9.17, 15) is 4.79 Å². The molecule has 3 heteroatoms. The van der Waals surface area contributed by atoms with Crippen LogP contribution in [0, 0.1) is 12.8 Å². The molecule has 1 N–H and O–H groups in total. The Hall–Kier alpha value is -1.02. The fourth-order valence-corrected chi connectivity index (χ4v) is 2.08. The number of carbonyl (C=O) groups excluding carboxylic acids is 1. The number of carbonyl (C=O) groups is 1. The standard InChI is InChI=1S/C14H20ClNO/c1-10(2)13(9-15)16-14(17)8-12-6-4-5-11(3)7-12/h4-7,10,13H,8-9H2,1-3H3,(H,16,17). The first-order valence-electron chi connectivity index (χ1n) is 5.93. The summed E-state index contributed by atoms with van der Waals surface area (Å²) >= 11 is 5.82. The van der Waals surface area contributed by atoms with Gasteiger partial charge in [0.05, 0.1) is 6.42 Å². The van der Waals surface area contributed by atoms with Crippen LogP contribution < -0.4 is 5.32 Å². The average molecular weight is 254 g/mol. The molecule has 1 amide bonds. The Bertz CT molecular complexity index is 376. The van der Waals surface area contributed by atoms with E-state index in [-0.39, 0.29) is 11.9 Å². The summed E-state index contributed by atoms with van der Waals surface area (Å²) < 4.78 is 0. The van der Waals surface area contributed by atoms with Gasteiger partial charge in [-0.05, 0) is 18.4 Å². The highest BCUT2D eigenvalue weighted by atomic mass is 35.5. The maximum atomic E-state index is 11.8. The first-order valence-corrected chi connectivity index (χ1v) is 6.47. The van der Waals surface area contributed by atoms with Gasteiger partial charge in [0, 0.05) is 11.9 Å². The Kier molecular flexibility index (Phi) is 5.49. The smallest absolute Gasteiger partial charge is 0.224 e. The van der Waals surface area contributed by atoms with Gasteiger partial charge in [-0.1, -0.05) is 43.7 Å². The maximum Gasteiger partial charge on any atom is 0.224 e. The lowest BCUT2D eigenvalue weighted by Gasteiger charge is -2.19. The fraction of sp³-hybridized carbons (Fsp3) is 0.500. The number of hydrogen-bond donors (Lipinski definition) is 1. The van der Waals surface area contributed by atoms with Gasteiger partial charge in [-0.25, -0.2) is 0 Å². The van der Waals surface area contributed by atoms with Crippen LogP contribution in [-0.2, 0) is 11.2 Å². The average Bonchev–Trinajstić information content (AvgIpc) is 2.25. The third-order valence-electron chi connectivity index (χ3n) is 2.76. The predicted molar refractivity (Wildman–Crippen MR) is 72.4 cm³/mol. The van der Waals surface area contributed by atoms with Gasteiger partial charge < -0.3 is 5.32 Å². The lowest BCUT2D eigenvalue weighted by Crippen LogP contribution is -2.40. The van der Waals surface area contributed by atoms with Crippen molar-refractivity contribution < 1.29 is 4.79 Å². The van der Waals surface area contributed by atoms with Crippen molar-refractivity contribution in [3.8, 4) is 0 Å². The molecule has 0 saturated carbocycles. The minimum Gasteiger partial charge on any atom is -0.352 e. The van der Waals surface area contributed by atoms with E-state index in [0.717, 1.165) is 5.56 Å². The number of benzene rings is 1. The van der Waals surface area contributed by atoms with Gasteiger partial charge in [-0.15, -0.1) is 11.6 Å². The van der Waals surface area contributed by atoms with Crippen molar-refractivity contribution in [1.82, 2.24) is 5.32 Å². The quantitative estimate of drug-likeness (QED) is 0.804. The molecule has 0 aliphatic heterocycles. The predicted octanol–water partition coefficient (Wildman–Crippen LogP) is 2.92. The van der Waals surface area contributed by atoms with Crippen molar-refractivity contribution in [2.24, 2.45) is 5.92 Å². The molecule has 1 aromatic carbocycles. The minimum absolute atomic E-state index is 0.0370. The van der Waals surface area contributed by atoms with E-state index >= 15 is 0 Å². The van der Waals surface area contributed by atoms with E-state index in [1.807, 2.05) is 31.2 Å². The lowest BCUT2D eigenvalue weighted by atomic mass is 10.0. The van der Waals surface area contributed by atoms with Crippen LogP contribution >= 0.6 is 11.6 Å². The first kappa shape index (κ1) is 14.0. The summed E-state index contributed by atoms with van der Waals surface area (Å²) in [5.74, 6) is 0.848. The highest BCUT2D eigenvalue weighted by Crippen LogP contribution is 2.07. The summed E-state index contributed by atoms with van der Waals surface area (Å²) in [5, 5.41) is 2.96. The molecule has 0 radical (unpaired) electrons. The highest BCUT2D eigenvalue weighted by Gasteiger charge is 2.14. The molecule has 0 heterocycles. The number of amides is 1. The molecule has 1 aromatic rings. The van der Waals surface area contributed by atoms with Gasteiger partial charge >= 0.3 is 0 Å². The lowest BCUT2D eigenvalue weighted by molar-refractivity contribution is -0.121. The molecule has 94 valence electrons. The van der Waals surface area contributed by atoms with Crippen LogP contribution in [-0.4, -0.2) is 17.8 Å². The van der Waals surface area contributed by atoms with Crippen LogP contribution in [0.5, 0.6) is 0 Å². The van der Waals surface area contributed by atoms with Gasteiger partial charge in [0.25, 0.3) is 0 Å².